The van der Waals surface area contributed by atoms with E-state index in [0.29, 0.717) is 41.8 Å². The molecule has 0 atom stereocenters. The number of amides is 2. The second-order valence-corrected chi connectivity index (χ2v) is 10.8. The number of benzene rings is 2. The quantitative estimate of drug-likeness (QED) is 0.314. The lowest BCUT2D eigenvalue weighted by molar-refractivity contribution is -0.133. The van der Waals surface area contributed by atoms with Gasteiger partial charge in [0.1, 0.15) is 12.4 Å². The highest BCUT2D eigenvalue weighted by atomic mass is 35.5. The first-order valence-electron chi connectivity index (χ1n) is 11.9. The van der Waals surface area contributed by atoms with Crippen LogP contribution < -0.4 is 0 Å². The molecule has 1 fully saturated rings. The number of halogens is 3. The number of nitrogens with zero attached hydrogens (tertiary/aromatic N) is 3. The van der Waals surface area contributed by atoms with Crippen LogP contribution in [-0.2, 0) is 17.9 Å². The van der Waals surface area contributed by atoms with Gasteiger partial charge in [0.15, 0.2) is 0 Å². The predicted molar refractivity (Wildman–Crippen MR) is 143 cm³/mol. The predicted octanol–water partition coefficient (Wildman–Crippen LogP) is 5.96. The van der Waals surface area contributed by atoms with Gasteiger partial charge in [0.2, 0.25) is 5.91 Å². The van der Waals surface area contributed by atoms with Crippen molar-refractivity contribution >= 4 is 46.4 Å². The Hall–Kier alpha value is -2.45. The van der Waals surface area contributed by atoms with Crippen LogP contribution in [0.15, 0.2) is 60.0 Å². The lowest BCUT2D eigenvalue weighted by Crippen LogP contribution is -2.45. The van der Waals surface area contributed by atoms with Gasteiger partial charge in [0.05, 0.1) is 6.54 Å². The Morgan fingerprint density at radius 2 is 1.64 bits per heavy atom. The number of likely N-dealkylation sites (tertiary alicyclic amines) is 1. The highest BCUT2D eigenvalue weighted by Crippen LogP contribution is 2.21. The average molecular weight is 549 g/mol. The van der Waals surface area contributed by atoms with Crippen LogP contribution in [0.4, 0.5) is 4.39 Å². The van der Waals surface area contributed by atoms with Gasteiger partial charge in [0.25, 0.3) is 5.91 Å². The number of rotatable bonds is 10. The molecule has 2 aromatic carbocycles. The SMILES string of the molecule is O=C(CN(CCN1CCCC1)C(=O)c1cc(Cl)cc(Cl)c1)N(Cc1ccc(F)cc1)Cc1cccs1. The summed E-state index contributed by atoms with van der Waals surface area (Å²) in [5.74, 6) is -0.797. The third kappa shape index (κ3) is 7.53. The third-order valence-corrected chi connectivity index (χ3v) is 7.47. The Kier molecular flexibility index (Phi) is 9.37. The van der Waals surface area contributed by atoms with Crippen LogP contribution in [0, 0.1) is 5.82 Å². The molecule has 1 aliphatic heterocycles. The van der Waals surface area contributed by atoms with Gasteiger partial charge in [-0.15, -0.1) is 11.3 Å². The smallest absolute Gasteiger partial charge is 0.254 e. The monoisotopic (exact) mass is 547 g/mol. The molecule has 0 radical (unpaired) electrons. The van der Waals surface area contributed by atoms with Crippen molar-refractivity contribution in [1.29, 1.82) is 0 Å². The largest absolute Gasteiger partial charge is 0.332 e. The molecule has 0 saturated carbocycles. The summed E-state index contributed by atoms with van der Waals surface area (Å²) in [7, 11) is 0. The summed E-state index contributed by atoms with van der Waals surface area (Å²) in [6.45, 7) is 3.74. The zero-order chi connectivity index (χ0) is 25.5. The fourth-order valence-electron chi connectivity index (χ4n) is 4.28. The maximum absolute atomic E-state index is 13.6. The third-order valence-electron chi connectivity index (χ3n) is 6.17. The molecule has 190 valence electrons. The number of carbonyl (C=O) groups is 2. The Labute approximate surface area is 225 Å². The summed E-state index contributed by atoms with van der Waals surface area (Å²) < 4.78 is 13.4. The minimum absolute atomic E-state index is 0.0800. The maximum atomic E-state index is 13.6. The molecule has 4 rings (SSSR count). The van der Waals surface area contributed by atoms with E-state index in [4.69, 9.17) is 23.2 Å². The molecule has 0 N–H and O–H groups in total. The highest BCUT2D eigenvalue weighted by molar-refractivity contribution is 7.09. The van der Waals surface area contributed by atoms with Crippen LogP contribution in [0.1, 0.15) is 33.6 Å². The molecule has 2 heterocycles. The van der Waals surface area contributed by atoms with Crippen molar-refractivity contribution in [3.8, 4) is 0 Å². The minimum Gasteiger partial charge on any atom is -0.332 e. The van der Waals surface area contributed by atoms with Crippen LogP contribution in [0.2, 0.25) is 10.0 Å². The molecule has 1 aliphatic rings. The molecule has 2 amide bonds. The number of carbonyl (C=O) groups excluding carboxylic acids is 2. The van der Waals surface area contributed by atoms with E-state index in [1.807, 2.05) is 17.5 Å². The second-order valence-electron chi connectivity index (χ2n) is 8.89. The summed E-state index contributed by atoms with van der Waals surface area (Å²) in [5, 5.41) is 2.70. The van der Waals surface area contributed by atoms with E-state index < -0.39 is 0 Å². The number of hydrogen-bond acceptors (Lipinski definition) is 4. The standard InChI is InChI=1S/C27H28Cl2FN3O2S/c28-22-14-21(15-23(29)16-22)27(35)32(12-11-31-9-1-2-10-31)19-26(34)33(18-25-4-3-13-36-25)17-20-5-7-24(30)8-6-20/h3-8,13-16H,1-2,9-12,17-19H2. The molecule has 0 spiro atoms. The topological polar surface area (TPSA) is 43.9 Å². The van der Waals surface area contributed by atoms with E-state index in [2.05, 4.69) is 4.90 Å². The molecule has 0 aliphatic carbocycles. The summed E-state index contributed by atoms with van der Waals surface area (Å²) in [6, 6.07) is 14.8. The number of thiophene rings is 1. The Balaban J connectivity index is 1.54. The first-order chi connectivity index (χ1) is 17.4. The fraction of sp³-hybridized carbons (Fsp3) is 0.333. The lowest BCUT2D eigenvalue weighted by atomic mass is 10.2. The van der Waals surface area contributed by atoms with Crippen LogP contribution in [0.5, 0.6) is 0 Å². The summed E-state index contributed by atoms with van der Waals surface area (Å²) in [5.41, 5.74) is 1.17. The van der Waals surface area contributed by atoms with Gasteiger partial charge in [-0.3, -0.25) is 9.59 Å². The first-order valence-corrected chi connectivity index (χ1v) is 13.5. The van der Waals surface area contributed by atoms with Gasteiger partial charge < -0.3 is 14.7 Å². The van der Waals surface area contributed by atoms with E-state index in [9.17, 15) is 14.0 Å². The average Bonchev–Trinajstić information content (AvgIpc) is 3.56. The van der Waals surface area contributed by atoms with Crippen molar-refractivity contribution in [2.45, 2.75) is 25.9 Å². The Bertz CT molecular complexity index is 1150. The Morgan fingerprint density at radius 1 is 0.944 bits per heavy atom. The first kappa shape index (κ1) is 26.6. The molecule has 5 nitrogen and oxygen atoms in total. The van der Waals surface area contributed by atoms with E-state index in [-0.39, 0.29) is 24.2 Å². The molecule has 3 aromatic rings. The van der Waals surface area contributed by atoms with Crippen LogP contribution >= 0.6 is 34.5 Å². The van der Waals surface area contributed by atoms with E-state index in [1.54, 1.807) is 51.5 Å². The highest BCUT2D eigenvalue weighted by Gasteiger charge is 2.25. The molecule has 1 aromatic heterocycles. The fourth-order valence-corrected chi connectivity index (χ4v) is 5.52. The zero-order valence-electron chi connectivity index (χ0n) is 19.8. The van der Waals surface area contributed by atoms with Crippen LogP contribution in [0.3, 0.4) is 0 Å². The van der Waals surface area contributed by atoms with Crippen LogP contribution in [-0.4, -0.2) is 59.2 Å². The summed E-state index contributed by atoms with van der Waals surface area (Å²) in [6.07, 6.45) is 2.28. The second kappa shape index (κ2) is 12.7. The lowest BCUT2D eigenvalue weighted by Gasteiger charge is -2.29. The van der Waals surface area contributed by atoms with Gasteiger partial charge in [-0.1, -0.05) is 41.4 Å². The molecule has 0 unspecified atom stereocenters. The molecule has 0 bridgehead atoms. The zero-order valence-corrected chi connectivity index (χ0v) is 22.2. The van der Waals surface area contributed by atoms with Gasteiger partial charge >= 0.3 is 0 Å². The van der Waals surface area contributed by atoms with Gasteiger partial charge in [-0.05, 0) is 73.3 Å². The molecule has 9 heteroatoms. The molecule has 36 heavy (non-hydrogen) atoms. The van der Waals surface area contributed by atoms with Crippen molar-refractivity contribution in [3.63, 3.8) is 0 Å². The van der Waals surface area contributed by atoms with Gasteiger partial charge in [0, 0.05) is 40.1 Å². The number of hydrogen-bond donors (Lipinski definition) is 0. The van der Waals surface area contributed by atoms with Crippen molar-refractivity contribution < 1.29 is 14.0 Å². The normalized spacial score (nSPS) is 13.6. The molecule has 1 saturated heterocycles. The Morgan fingerprint density at radius 3 is 2.28 bits per heavy atom. The van der Waals surface area contributed by atoms with E-state index in [1.165, 1.54) is 12.1 Å². The van der Waals surface area contributed by atoms with Crippen molar-refractivity contribution in [2.24, 2.45) is 0 Å². The van der Waals surface area contributed by atoms with Crippen molar-refractivity contribution in [3.05, 3.63) is 91.8 Å². The van der Waals surface area contributed by atoms with E-state index in [0.717, 1.165) is 36.4 Å². The summed E-state index contributed by atoms with van der Waals surface area (Å²) >= 11 is 13.9. The van der Waals surface area contributed by atoms with Gasteiger partial charge in [-0.25, -0.2) is 4.39 Å². The van der Waals surface area contributed by atoms with E-state index >= 15 is 0 Å². The summed E-state index contributed by atoms with van der Waals surface area (Å²) in [4.78, 5) is 33.7. The molecular weight excluding hydrogens is 520 g/mol. The maximum Gasteiger partial charge on any atom is 0.254 e. The van der Waals surface area contributed by atoms with Crippen LogP contribution in [0.25, 0.3) is 0 Å². The van der Waals surface area contributed by atoms with Crippen molar-refractivity contribution in [2.75, 3.05) is 32.7 Å². The molecular formula is C27H28Cl2FN3O2S. The van der Waals surface area contributed by atoms with Crippen molar-refractivity contribution in [1.82, 2.24) is 14.7 Å². The minimum atomic E-state index is -0.325. The van der Waals surface area contributed by atoms with Gasteiger partial charge in [-0.2, -0.15) is 0 Å².